The van der Waals surface area contributed by atoms with Crippen molar-refractivity contribution in [2.24, 2.45) is 28.6 Å². The summed E-state index contributed by atoms with van der Waals surface area (Å²) in [4.78, 5) is 25.3. The molecule has 4 N–H and O–H groups in total. The van der Waals surface area contributed by atoms with Crippen LogP contribution in [-0.4, -0.2) is 69.0 Å². The summed E-state index contributed by atoms with van der Waals surface area (Å²) in [5.41, 5.74) is 1.19. The number of hydrogen-bond acceptors (Lipinski definition) is 8. The van der Waals surface area contributed by atoms with Crippen LogP contribution in [0.25, 0.3) is 0 Å². The molecule has 1 aliphatic heterocycles. The summed E-state index contributed by atoms with van der Waals surface area (Å²) in [6.45, 7) is 4.50. The SMILES string of the molecule is C[C@]12CC[C@H](OC(=O)[C@H]3O[C@@H](O)[C@H](O)[C@@H](O)[C@@H]3O)CC1=CCC1[C@@H]2CC[C@]2(C)C(=O)CC[C@@H]12. The number of hydrogen-bond donors (Lipinski definition) is 4. The second-order valence-electron chi connectivity index (χ2n) is 11.4. The zero-order valence-electron chi connectivity index (χ0n) is 19.4. The largest absolute Gasteiger partial charge is 0.460 e. The first-order chi connectivity index (χ1) is 15.6. The van der Waals surface area contributed by atoms with Gasteiger partial charge in [-0.05, 0) is 61.7 Å². The Morgan fingerprint density at radius 3 is 2.45 bits per heavy atom. The first-order valence-corrected chi connectivity index (χ1v) is 12.4. The van der Waals surface area contributed by atoms with Crippen molar-refractivity contribution in [1.29, 1.82) is 0 Å². The van der Waals surface area contributed by atoms with E-state index in [1.807, 2.05) is 0 Å². The van der Waals surface area contributed by atoms with Crippen LogP contribution in [0.4, 0.5) is 0 Å². The average Bonchev–Trinajstić information content (AvgIpc) is 3.09. The fraction of sp³-hybridized carbons (Fsp3) is 0.840. The smallest absolute Gasteiger partial charge is 0.338 e. The maximum atomic E-state index is 12.7. The van der Waals surface area contributed by atoms with Crippen LogP contribution in [0.3, 0.4) is 0 Å². The molecular weight excluding hydrogens is 428 g/mol. The second kappa shape index (κ2) is 8.12. The number of Topliss-reactive ketones (excluding diaryl/α,β-unsaturated/α-hetero) is 1. The Balaban J connectivity index is 1.27. The van der Waals surface area contributed by atoms with Crippen LogP contribution < -0.4 is 0 Å². The Labute approximate surface area is 194 Å². The molecule has 0 aromatic carbocycles. The quantitative estimate of drug-likeness (QED) is 0.354. The lowest BCUT2D eigenvalue weighted by Crippen LogP contribution is -2.60. The van der Waals surface area contributed by atoms with Gasteiger partial charge in [0.05, 0.1) is 0 Å². The third-order valence-corrected chi connectivity index (χ3v) is 9.87. The lowest BCUT2D eigenvalue weighted by atomic mass is 9.48. The van der Waals surface area contributed by atoms with Gasteiger partial charge in [0.25, 0.3) is 0 Å². The highest BCUT2D eigenvalue weighted by Gasteiger charge is 2.59. The number of allylic oxidation sites excluding steroid dienone is 1. The molecule has 0 bridgehead atoms. The molecule has 4 fully saturated rings. The number of fused-ring (bicyclic) bond motifs is 5. The van der Waals surface area contributed by atoms with Gasteiger partial charge in [-0.3, -0.25) is 4.79 Å². The zero-order valence-corrected chi connectivity index (χ0v) is 19.4. The van der Waals surface area contributed by atoms with E-state index >= 15 is 0 Å². The summed E-state index contributed by atoms with van der Waals surface area (Å²) in [5.74, 6) is 1.13. The molecule has 4 aliphatic carbocycles. The number of rotatable bonds is 2. The van der Waals surface area contributed by atoms with E-state index in [1.54, 1.807) is 0 Å². The van der Waals surface area contributed by atoms with E-state index in [4.69, 9.17) is 9.47 Å². The van der Waals surface area contributed by atoms with E-state index in [-0.39, 0.29) is 16.9 Å². The van der Waals surface area contributed by atoms with Gasteiger partial charge in [0.15, 0.2) is 12.4 Å². The maximum Gasteiger partial charge on any atom is 0.338 e. The van der Waals surface area contributed by atoms with Crippen molar-refractivity contribution < 1.29 is 39.5 Å². The second-order valence-corrected chi connectivity index (χ2v) is 11.4. The molecule has 3 saturated carbocycles. The summed E-state index contributed by atoms with van der Waals surface area (Å²) in [6.07, 6.45) is 0.446. The highest BCUT2D eigenvalue weighted by Crippen LogP contribution is 2.64. The molecule has 184 valence electrons. The lowest BCUT2D eigenvalue weighted by molar-refractivity contribution is -0.282. The number of carbonyl (C=O) groups is 2. The predicted molar refractivity (Wildman–Crippen MR) is 115 cm³/mol. The van der Waals surface area contributed by atoms with Gasteiger partial charge in [-0.1, -0.05) is 25.5 Å². The summed E-state index contributed by atoms with van der Waals surface area (Å²) in [7, 11) is 0. The molecule has 0 spiro atoms. The van der Waals surface area contributed by atoms with Crippen LogP contribution in [0, 0.1) is 28.6 Å². The average molecular weight is 465 g/mol. The normalized spacial score (nSPS) is 51.8. The fourth-order valence-corrected chi connectivity index (χ4v) is 7.79. The Kier molecular flexibility index (Phi) is 5.77. The van der Waals surface area contributed by atoms with Gasteiger partial charge in [0.1, 0.15) is 30.2 Å². The minimum Gasteiger partial charge on any atom is -0.460 e. The molecule has 1 saturated heterocycles. The van der Waals surface area contributed by atoms with Crippen molar-refractivity contribution >= 4 is 11.8 Å². The van der Waals surface area contributed by atoms with Crippen LogP contribution in [0.2, 0.25) is 0 Å². The number of carbonyl (C=O) groups excluding carboxylic acids is 2. The van der Waals surface area contributed by atoms with Crippen molar-refractivity contribution in [3.63, 3.8) is 0 Å². The van der Waals surface area contributed by atoms with Crippen molar-refractivity contribution in [2.75, 3.05) is 0 Å². The van der Waals surface area contributed by atoms with Crippen molar-refractivity contribution in [3.8, 4) is 0 Å². The Morgan fingerprint density at radius 1 is 1.00 bits per heavy atom. The molecule has 1 unspecified atom stereocenters. The summed E-state index contributed by atoms with van der Waals surface area (Å²) < 4.78 is 10.7. The van der Waals surface area contributed by atoms with E-state index < -0.39 is 36.7 Å². The van der Waals surface area contributed by atoms with Gasteiger partial charge >= 0.3 is 5.97 Å². The van der Waals surface area contributed by atoms with Crippen molar-refractivity contribution in [3.05, 3.63) is 11.6 Å². The molecule has 0 radical (unpaired) electrons. The van der Waals surface area contributed by atoms with Gasteiger partial charge in [0.2, 0.25) is 0 Å². The number of aliphatic hydroxyl groups excluding tert-OH is 4. The fourth-order valence-electron chi connectivity index (χ4n) is 7.79. The van der Waals surface area contributed by atoms with Crippen LogP contribution in [0.1, 0.15) is 65.2 Å². The Morgan fingerprint density at radius 2 is 1.70 bits per heavy atom. The summed E-state index contributed by atoms with van der Waals surface area (Å²) in [5, 5.41) is 39.3. The number of aliphatic hydroxyl groups is 4. The van der Waals surface area contributed by atoms with E-state index in [0.717, 1.165) is 32.1 Å². The summed E-state index contributed by atoms with van der Waals surface area (Å²) >= 11 is 0. The Hall–Kier alpha value is -1.32. The molecule has 11 atom stereocenters. The molecule has 8 heteroatoms. The van der Waals surface area contributed by atoms with Crippen molar-refractivity contribution in [1.82, 2.24) is 0 Å². The molecule has 8 nitrogen and oxygen atoms in total. The van der Waals surface area contributed by atoms with E-state index in [0.29, 0.717) is 42.8 Å². The van der Waals surface area contributed by atoms with Gasteiger partial charge in [-0.25, -0.2) is 4.79 Å². The van der Waals surface area contributed by atoms with Crippen LogP contribution in [0.5, 0.6) is 0 Å². The molecule has 0 amide bonds. The molecule has 5 rings (SSSR count). The van der Waals surface area contributed by atoms with Crippen LogP contribution >= 0.6 is 0 Å². The predicted octanol–water partition coefficient (Wildman–Crippen LogP) is 1.23. The standard InChI is InChI=1S/C25H36O8/c1-24-9-7-13(32-23(31)21-19(28)18(27)20(29)22(30)33-21)11-12(24)3-4-14-15-5-6-17(26)25(15,2)10-8-16(14)24/h3,13-16,18-22,27-30H,4-11H2,1-2H3/t13-,14?,15-,16-,18-,19-,20+,21-,22+,24-,25-/m0/s1. The third kappa shape index (κ3) is 3.52. The first-order valence-electron chi connectivity index (χ1n) is 12.4. The lowest BCUT2D eigenvalue weighted by Gasteiger charge is -2.56. The van der Waals surface area contributed by atoms with Gasteiger partial charge in [-0.15, -0.1) is 0 Å². The third-order valence-electron chi connectivity index (χ3n) is 9.87. The highest BCUT2D eigenvalue weighted by atomic mass is 16.7. The molecule has 0 aromatic rings. The van der Waals surface area contributed by atoms with Gasteiger partial charge in [0, 0.05) is 18.3 Å². The maximum absolute atomic E-state index is 12.7. The first kappa shape index (κ1) is 23.4. The van der Waals surface area contributed by atoms with Crippen LogP contribution in [0.15, 0.2) is 11.6 Å². The number of ether oxygens (including phenoxy) is 2. The van der Waals surface area contributed by atoms with E-state index in [2.05, 4.69) is 19.9 Å². The molecule has 33 heavy (non-hydrogen) atoms. The Bertz CT molecular complexity index is 855. The number of esters is 1. The van der Waals surface area contributed by atoms with Gasteiger partial charge in [-0.2, -0.15) is 0 Å². The number of ketones is 1. The van der Waals surface area contributed by atoms with Crippen LogP contribution in [-0.2, 0) is 19.1 Å². The molecule has 0 aromatic heterocycles. The minimum absolute atomic E-state index is 0.0378. The minimum atomic E-state index is -1.77. The van der Waals surface area contributed by atoms with Crippen molar-refractivity contribution in [2.45, 2.75) is 102 Å². The molecule has 5 aliphatic rings. The highest BCUT2D eigenvalue weighted by molar-refractivity contribution is 5.87. The topological polar surface area (TPSA) is 134 Å². The molecular formula is C25H36O8. The van der Waals surface area contributed by atoms with E-state index in [9.17, 15) is 30.0 Å². The van der Waals surface area contributed by atoms with E-state index in [1.165, 1.54) is 5.57 Å². The zero-order chi connectivity index (χ0) is 23.7. The monoisotopic (exact) mass is 464 g/mol. The van der Waals surface area contributed by atoms with Gasteiger partial charge < -0.3 is 29.9 Å². The molecule has 1 heterocycles. The summed E-state index contributed by atoms with van der Waals surface area (Å²) in [6, 6.07) is 0.